The van der Waals surface area contributed by atoms with Crippen LogP contribution in [0.15, 0.2) is 0 Å². The van der Waals surface area contributed by atoms with Crippen LogP contribution in [0, 0.1) is 0 Å². The first-order chi connectivity index (χ1) is 4.91. The SMILES string of the molecule is CC(O)C(=O)[O-].O=C([O-])CO.[Zr+2]. The third-order valence-corrected chi connectivity index (χ3v) is 0.470. The van der Waals surface area contributed by atoms with Crippen LogP contribution < -0.4 is 10.2 Å². The molecular formula is C5H8O6Zr. The number of carboxylic acids is 2. The van der Waals surface area contributed by atoms with Gasteiger partial charge in [-0.25, -0.2) is 0 Å². The van der Waals surface area contributed by atoms with Crippen LogP contribution in [0.5, 0.6) is 0 Å². The van der Waals surface area contributed by atoms with Gasteiger partial charge < -0.3 is 30.0 Å². The van der Waals surface area contributed by atoms with Gasteiger partial charge in [-0.2, -0.15) is 0 Å². The Morgan fingerprint density at radius 3 is 1.58 bits per heavy atom. The summed E-state index contributed by atoms with van der Waals surface area (Å²) < 4.78 is 0. The van der Waals surface area contributed by atoms with Gasteiger partial charge in [-0.3, -0.25) is 0 Å². The zero-order valence-electron chi connectivity index (χ0n) is 6.31. The fourth-order valence-electron chi connectivity index (χ4n) is 0. The minimum atomic E-state index is -1.44. The van der Waals surface area contributed by atoms with E-state index in [1.807, 2.05) is 0 Å². The predicted molar refractivity (Wildman–Crippen MR) is 28.8 cm³/mol. The Labute approximate surface area is 88.0 Å². The first kappa shape index (κ1) is 17.7. The summed E-state index contributed by atoms with van der Waals surface area (Å²) in [4.78, 5) is 18.3. The van der Waals surface area contributed by atoms with Gasteiger partial charge in [0, 0.05) is 0 Å². The molecule has 0 heterocycles. The van der Waals surface area contributed by atoms with Gasteiger partial charge in [0.25, 0.3) is 0 Å². The predicted octanol–water partition coefficient (Wildman–Crippen LogP) is -4.16. The molecular weight excluding hydrogens is 247 g/mol. The van der Waals surface area contributed by atoms with Crippen LogP contribution in [-0.4, -0.2) is 34.9 Å². The minimum absolute atomic E-state index is 0. The van der Waals surface area contributed by atoms with E-state index in [1.165, 1.54) is 0 Å². The number of carbonyl (C=O) groups excluding carboxylic acids is 2. The molecule has 0 radical (unpaired) electrons. The topological polar surface area (TPSA) is 121 Å². The molecule has 2 N–H and O–H groups in total. The fraction of sp³-hybridized carbons (Fsp3) is 0.600. The second kappa shape index (κ2) is 10.7. The largest absolute Gasteiger partial charge is 2.00 e. The smallest absolute Gasteiger partial charge is 0.548 e. The third-order valence-electron chi connectivity index (χ3n) is 0.470. The maximum Gasteiger partial charge on any atom is 2.00 e. The Kier molecular flexibility index (Phi) is 15.9. The molecule has 0 bridgehead atoms. The molecule has 0 aromatic heterocycles. The summed E-state index contributed by atoms with van der Waals surface area (Å²) in [6.45, 7) is 0.245. The molecule has 1 unspecified atom stereocenters. The van der Waals surface area contributed by atoms with E-state index in [9.17, 15) is 9.90 Å². The Morgan fingerprint density at radius 1 is 1.42 bits per heavy atom. The van der Waals surface area contributed by atoms with E-state index in [1.54, 1.807) is 0 Å². The average molecular weight is 255 g/mol. The van der Waals surface area contributed by atoms with Crippen molar-refractivity contribution >= 4 is 11.9 Å². The summed E-state index contributed by atoms with van der Waals surface area (Å²) in [5.74, 6) is -2.87. The second-order valence-electron chi connectivity index (χ2n) is 1.53. The maximum absolute atomic E-state index is 9.34. The number of rotatable bonds is 2. The molecule has 0 aromatic carbocycles. The zero-order valence-corrected chi connectivity index (χ0v) is 8.77. The van der Waals surface area contributed by atoms with Crippen molar-refractivity contribution in [3.05, 3.63) is 0 Å². The van der Waals surface area contributed by atoms with Gasteiger partial charge >= 0.3 is 26.2 Å². The van der Waals surface area contributed by atoms with Crippen LogP contribution in [0.2, 0.25) is 0 Å². The fourth-order valence-corrected chi connectivity index (χ4v) is 0. The van der Waals surface area contributed by atoms with Gasteiger partial charge in [-0.05, 0) is 6.92 Å². The van der Waals surface area contributed by atoms with Crippen LogP contribution >= 0.6 is 0 Å². The first-order valence-corrected chi connectivity index (χ1v) is 2.61. The summed E-state index contributed by atoms with van der Waals surface area (Å²) in [6, 6.07) is 0. The molecule has 6 nitrogen and oxygen atoms in total. The van der Waals surface area contributed by atoms with E-state index in [4.69, 9.17) is 20.1 Å². The number of aliphatic hydroxyl groups excluding tert-OH is 2. The van der Waals surface area contributed by atoms with E-state index in [0.29, 0.717) is 0 Å². The van der Waals surface area contributed by atoms with Crippen molar-refractivity contribution in [2.75, 3.05) is 6.61 Å². The van der Waals surface area contributed by atoms with Crippen molar-refractivity contribution < 1.29 is 56.2 Å². The van der Waals surface area contributed by atoms with Gasteiger partial charge in [0.2, 0.25) is 0 Å². The summed E-state index contributed by atoms with van der Waals surface area (Å²) in [6.07, 6.45) is -1.34. The number of carbonyl (C=O) groups is 2. The Morgan fingerprint density at radius 2 is 1.58 bits per heavy atom. The van der Waals surface area contributed by atoms with Crippen LogP contribution in [0.1, 0.15) is 6.92 Å². The Hall–Kier alpha value is -0.257. The third kappa shape index (κ3) is 22.6. The molecule has 0 amide bonds. The Balaban J connectivity index is -0.000000126. The summed E-state index contributed by atoms with van der Waals surface area (Å²) >= 11 is 0. The molecule has 0 saturated heterocycles. The van der Waals surface area contributed by atoms with Crippen molar-refractivity contribution in [1.29, 1.82) is 0 Å². The van der Waals surface area contributed by atoms with Crippen molar-refractivity contribution in [3.8, 4) is 0 Å². The number of aliphatic hydroxyl groups is 2. The summed E-state index contributed by atoms with van der Waals surface area (Å²) in [5, 5.41) is 33.8. The number of carboxylic acid groups (broad SMARTS) is 2. The van der Waals surface area contributed by atoms with Gasteiger partial charge in [-0.15, -0.1) is 0 Å². The molecule has 0 aromatic rings. The molecule has 7 heteroatoms. The monoisotopic (exact) mass is 254 g/mol. The molecule has 0 spiro atoms. The average Bonchev–Trinajstić information content (AvgIpc) is 1.89. The molecule has 0 fully saturated rings. The molecule has 0 saturated carbocycles. The van der Waals surface area contributed by atoms with Crippen LogP contribution in [0.3, 0.4) is 0 Å². The van der Waals surface area contributed by atoms with Crippen molar-refractivity contribution in [2.45, 2.75) is 13.0 Å². The first-order valence-electron chi connectivity index (χ1n) is 2.61. The van der Waals surface area contributed by atoms with Crippen molar-refractivity contribution in [1.82, 2.24) is 0 Å². The number of aliphatic carboxylic acids is 2. The van der Waals surface area contributed by atoms with E-state index >= 15 is 0 Å². The molecule has 0 rings (SSSR count). The minimum Gasteiger partial charge on any atom is -0.548 e. The molecule has 1 atom stereocenters. The van der Waals surface area contributed by atoms with Gasteiger partial charge in [-0.1, -0.05) is 0 Å². The molecule has 0 aliphatic carbocycles. The van der Waals surface area contributed by atoms with Gasteiger partial charge in [0.1, 0.15) is 0 Å². The van der Waals surface area contributed by atoms with E-state index < -0.39 is 24.6 Å². The van der Waals surface area contributed by atoms with Gasteiger partial charge in [0.05, 0.1) is 24.6 Å². The molecule has 68 valence electrons. The molecule has 12 heavy (non-hydrogen) atoms. The number of hydrogen-bond donors (Lipinski definition) is 2. The second-order valence-corrected chi connectivity index (χ2v) is 1.53. The zero-order chi connectivity index (χ0) is 9.44. The molecule has 0 aliphatic rings. The van der Waals surface area contributed by atoms with Crippen molar-refractivity contribution in [3.63, 3.8) is 0 Å². The standard InChI is InChI=1S/C3H6O3.C2H4O3.Zr/c1-2(4)3(5)6;3-1-2(4)5;/h2,4H,1H3,(H,5,6);3H,1H2,(H,4,5);/q;;+2/p-2. The van der Waals surface area contributed by atoms with Gasteiger partial charge in [0.15, 0.2) is 0 Å². The normalized spacial score (nSPS) is 9.92. The Bertz CT molecular complexity index is 134. The quantitative estimate of drug-likeness (QED) is 0.516. The number of hydrogen-bond acceptors (Lipinski definition) is 6. The van der Waals surface area contributed by atoms with Crippen LogP contribution in [-0.2, 0) is 35.8 Å². The molecule has 0 aliphatic heterocycles. The van der Waals surface area contributed by atoms with E-state index in [-0.39, 0.29) is 26.2 Å². The summed E-state index contributed by atoms with van der Waals surface area (Å²) in [7, 11) is 0. The maximum atomic E-state index is 9.34. The van der Waals surface area contributed by atoms with Crippen LogP contribution in [0.4, 0.5) is 0 Å². The van der Waals surface area contributed by atoms with E-state index in [2.05, 4.69) is 0 Å². The van der Waals surface area contributed by atoms with E-state index in [0.717, 1.165) is 6.92 Å². The van der Waals surface area contributed by atoms with Crippen LogP contribution in [0.25, 0.3) is 0 Å². The van der Waals surface area contributed by atoms with Crippen molar-refractivity contribution in [2.24, 2.45) is 0 Å². The summed E-state index contributed by atoms with van der Waals surface area (Å²) in [5.41, 5.74) is 0.